The van der Waals surface area contributed by atoms with Crippen molar-refractivity contribution in [1.29, 1.82) is 0 Å². The van der Waals surface area contributed by atoms with Crippen molar-refractivity contribution in [2.45, 2.75) is 19.9 Å². The van der Waals surface area contributed by atoms with Crippen molar-refractivity contribution in [2.75, 3.05) is 11.6 Å². The third-order valence-electron chi connectivity index (χ3n) is 4.12. The third kappa shape index (κ3) is 2.94. The van der Waals surface area contributed by atoms with Gasteiger partial charge in [0.15, 0.2) is 5.82 Å². The largest absolute Gasteiger partial charge is 0.330 e. The maximum atomic E-state index is 12.2. The lowest BCUT2D eigenvalue weighted by atomic mass is 10.2. The molecule has 1 aromatic carbocycles. The first-order chi connectivity index (χ1) is 12.6. The van der Waals surface area contributed by atoms with Gasteiger partial charge < -0.3 is 9.09 Å². The van der Waals surface area contributed by atoms with E-state index in [1.54, 1.807) is 12.5 Å². The van der Waals surface area contributed by atoms with Crippen molar-refractivity contribution < 1.29 is 9.32 Å². The standard InChI is InChI=1S/C17H17N7O2/c1-11-3-5-13(6-4-11)24-14(25)9-19-16(21-24)17-20-15(22-26-17)12(2)23-8-7-18-10-23/h3-8,10,12H,9H2,1-2H3,(H,19,21). The van der Waals surface area contributed by atoms with Crippen LogP contribution in [0.1, 0.15) is 30.2 Å². The second kappa shape index (κ2) is 6.43. The molecule has 132 valence electrons. The van der Waals surface area contributed by atoms with Gasteiger partial charge in [0.1, 0.15) is 6.54 Å². The molecule has 0 aliphatic carbocycles. The minimum Gasteiger partial charge on any atom is -0.330 e. The first-order valence-corrected chi connectivity index (χ1v) is 8.14. The van der Waals surface area contributed by atoms with Crippen LogP contribution in [-0.2, 0) is 4.79 Å². The highest BCUT2D eigenvalue weighted by Crippen LogP contribution is 2.18. The van der Waals surface area contributed by atoms with Crippen molar-refractivity contribution >= 4 is 17.4 Å². The zero-order valence-electron chi connectivity index (χ0n) is 14.3. The van der Waals surface area contributed by atoms with Gasteiger partial charge in [-0.05, 0) is 26.0 Å². The molecule has 0 bridgehead atoms. The molecule has 1 N–H and O–H groups in total. The summed E-state index contributed by atoms with van der Waals surface area (Å²) in [6, 6.07) is 7.47. The molecule has 3 heterocycles. The maximum absolute atomic E-state index is 12.2. The summed E-state index contributed by atoms with van der Waals surface area (Å²) in [6.45, 7) is 3.93. The van der Waals surface area contributed by atoms with E-state index in [1.165, 1.54) is 5.01 Å². The lowest BCUT2D eigenvalue weighted by Crippen LogP contribution is -2.51. The van der Waals surface area contributed by atoms with Gasteiger partial charge in [0.05, 0.1) is 18.1 Å². The highest BCUT2D eigenvalue weighted by molar-refractivity contribution is 6.06. The van der Waals surface area contributed by atoms with Crippen molar-refractivity contribution in [3.63, 3.8) is 0 Å². The summed E-state index contributed by atoms with van der Waals surface area (Å²) < 4.78 is 7.20. The molecule has 4 rings (SSSR count). The quantitative estimate of drug-likeness (QED) is 0.764. The summed E-state index contributed by atoms with van der Waals surface area (Å²) in [7, 11) is 0. The van der Waals surface area contributed by atoms with Crippen LogP contribution in [0.5, 0.6) is 0 Å². The van der Waals surface area contributed by atoms with E-state index in [1.807, 2.05) is 48.9 Å². The normalized spacial score (nSPS) is 15.5. The van der Waals surface area contributed by atoms with Crippen LogP contribution in [0.25, 0.3) is 0 Å². The minimum absolute atomic E-state index is 0.00496. The number of amides is 1. The fourth-order valence-corrected chi connectivity index (χ4v) is 2.57. The van der Waals surface area contributed by atoms with Crippen LogP contribution < -0.4 is 10.4 Å². The average molecular weight is 351 g/mol. The molecule has 0 fully saturated rings. The molecule has 1 atom stereocenters. The summed E-state index contributed by atoms with van der Waals surface area (Å²) >= 11 is 0. The number of aliphatic imine (C=N–C) groups is 1. The molecular weight excluding hydrogens is 334 g/mol. The predicted molar refractivity (Wildman–Crippen MR) is 93.5 cm³/mol. The van der Waals surface area contributed by atoms with Crippen LogP contribution in [0.15, 0.2) is 52.5 Å². The first-order valence-electron chi connectivity index (χ1n) is 8.14. The molecule has 2 aromatic heterocycles. The number of amidine groups is 1. The molecule has 9 heteroatoms. The minimum atomic E-state index is -0.163. The summed E-state index contributed by atoms with van der Waals surface area (Å²) in [5, 5.41) is 5.45. The number of hydrazine groups is 1. The van der Waals surface area contributed by atoms with Crippen LogP contribution in [0, 0.1) is 6.92 Å². The molecule has 9 nitrogen and oxygen atoms in total. The number of carbonyl (C=O) groups is 1. The molecule has 0 saturated carbocycles. The van der Waals surface area contributed by atoms with E-state index >= 15 is 0 Å². The van der Waals surface area contributed by atoms with Gasteiger partial charge in [0.25, 0.3) is 11.8 Å². The van der Waals surface area contributed by atoms with Crippen LogP contribution in [0.3, 0.4) is 0 Å². The number of nitrogens with one attached hydrogen (secondary N) is 1. The number of rotatable bonds is 4. The molecule has 0 radical (unpaired) electrons. The Morgan fingerprint density at radius 2 is 2.08 bits per heavy atom. The van der Waals surface area contributed by atoms with Crippen LogP contribution in [-0.4, -0.2) is 38.0 Å². The fraction of sp³-hybridized carbons (Fsp3) is 0.235. The number of benzene rings is 1. The Labute approximate surface area is 149 Å². The molecule has 26 heavy (non-hydrogen) atoms. The smallest absolute Gasteiger partial charge is 0.294 e. The van der Waals surface area contributed by atoms with Gasteiger partial charge in [-0.25, -0.2) is 9.99 Å². The Kier molecular flexibility index (Phi) is 3.96. The van der Waals surface area contributed by atoms with E-state index in [2.05, 4.69) is 25.5 Å². The number of hydrogen-bond acceptors (Lipinski definition) is 7. The van der Waals surface area contributed by atoms with Gasteiger partial charge in [-0.3, -0.25) is 15.2 Å². The summed E-state index contributed by atoms with van der Waals surface area (Å²) in [5.74, 6) is 0.934. The van der Waals surface area contributed by atoms with Crippen molar-refractivity contribution in [1.82, 2.24) is 25.1 Å². The number of anilines is 1. The summed E-state index contributed by atoms with van der Waals surface area (Å²) in [4.78, 5) is 24.8. The summed E-state index contributed by atoms with van der Waals surface area (Å²) in [6.07, 6.45) is 5.21. The number of carbonyl (C=O) groups excluding carboxylic acids is 1. The molecule has 1 aliphatic rings. The van der Waals surface area contributed by atoms with E-state index in [9.17, 15) is 4.79 Å². The third-order valence-corrected chi connectivity index (χ3v) is 4.12. The van der Waals surface area contributed by atoms with Crippen LogP contribution >= 0.6 is 0 Å². The molecule has 0 spiro atoms. The Balaban J connectivity index is 1.56. The number of aromatic nitrogens is 4. The van der Waals surface area contributed by atoms with E-state index in [0.717, 1.165) is 11.3 Å². The highest BCUT2D eigenvalue weighted by Gasteiger charge is 2.26. The number of aryl methyl sites for hydroxylation is 1. The van der Waals surface area contributed by atoms with Gasteiger partial charge in [-0.2, -0.15) is 4.98 Å². The monoisotopic (exact) mass is 351 g/mol. The Morgan fingerprint density at radius 3 is 2.81 bits per heavy atom. The molecule has 3 aromatic rings. The van der Waals surface area contributed by atoms with Gasteiger partial charge in [-0.1, -0.05) is 22.9 Å². The van der Waals surface area contributed by atoms with Crippen molar-refractivity contribution in [3.05, 3.63) is 60.3 Å². The Hall–Kier alpha value is -3.49. The SMILES string of the molecule is Cc1ccc(N2NC(c3nc(C(C)n4ccnc4)no3)=NCC2=O)cc1. The van der Waals surface area contributed by atoms with Crippen LogP contribution in [0.2, 0.25) is 0 Å². The fourth-order valence-electron chi connectivity index (χ4n) is 2.57. The lowest BCUT2D eigenvalue weighted by molar-refractivity contribution is -0.117. The van der Waals surface area contributed by atoms with E-state index in [4.69, 9.17) is 4.52 Å². The average Bonchev–Trinajstić information content (AvgIpc) is 3.35. The molecule has 1 amide bonds. The first kappa shape index (κ1) is 16.0. The van der Waals surface area contributed by atoms with Crippen LogP contribution in [0.4, 0.5) is 5.69 Å². The van der Waals surface area contributed by atoms with E-state index < -0.39 is 0 Å². The highest BCUT2D eigenvalue weighted by atomic mass is 16.5. The van der Waals surface area contributed by atoms with Crippen molar-refractivity contribution in [2.24, 2.45) is 4.99 Å². The molecular formula is C17H17N7O2. The molecule has 1 aliphatic heterocycles. The molecule has 0 saturated heterocycles. The Bertz CT molecular complexity index is 944. The molecule has 1 unspecified atom stereocenters. The predicted octanol–water partition coefficient (Wildman–Crippen LogP) is 1.48. The maximum Gasteiger partial charge on any atom is 0.294 e. The zero-order valence-corrected chi connectivity index (χ0v) is 14.3. The topological polar surface area (TPSA) is 101 Å². The second-order valence-electron chi connectivity index (χ2n) is 5.98. The van der Waals surface area contributed by atoms with Gasteiger partial charge in [-0.15, -0.1) is 0 Å². The number of imidazole rings is 1. The van der Waals surface area contributed by atoms with Gasteiger partial charge >= 0.3 is 0 Å². The summed E-state index contributed by atoms with van der Waals surface area (Å²) in [5.41, 5.74) is 4.80. The number of hydrogen-bond donors (Lipinski definition) is 1. The van der Waals surface area contributed by atoms with E-state index in [-0.39, 0.29) is 24.4 Å². The lowest BCUT2D eigenvalue weighted by Gasteiger charge is -2.26. The van der Waals surface area contributed by atoms with Gasteiger partial charge in [0.2, 0.25) is 5.84 Å². The van der Waals surface area contributed by atoms with Gasteiger partial charge in [0, 0.05) is 12.4 Å². The Morgan fingerprint density at radius 1 is 1.27 bits per heavy atom. The second-order valence-corrected chi connectivity index (χ2v) is 5.98. The van der Waals surface area contributed by atoms with E-state index in [0.29, 0.717) is 11.7 Å². The zero-order chi connectivity index (χ0) is 18.1. The number of nitrogens with zero attached hydrogens (tertiary/aromatic N) is 6. The van der Waals surface area contributed by atoms with Crippen molar-refractivity contribution in [3.8, 4) is 0 Å².